The maximum atomic E-state index is 12.7. The first kappa shape index (κ1) is 19.4. The molecule has 2 aromatic carbocycles. The number of rotatable bonds is 5. The van der Waals surface area contributed by atoms with E-state index >= 15 is 0 Å². The molecule has 1 heterocycles. The maximum Gasteiger partial charge on any atom is 0.335 e. The van der Waals surface area contributed by atoms with Crippen LogP contribution in [0, 0.1) is 6.92 Å². The van der Waals surface area contributed by atoms with Crippen molar-refractivity contribution < 1.29 is 19.4 Å². The van der Waals surface area contributed by atoms with Crippen molar-refractivity contribution in [1.29, 1.82) is 0 Å². The number of aromatic carboxylic acids is 1. The Morgan fingerprint density at radius 3 is 2.37 bits per heavy atom. The van der Waals surface area contributed by atoms with Crippen molar-refractivity contribution in [1.82, 2.24) is 5.32 Å². The van der Waals surface area contributed by atoms with Gasteiger partial charge in [-0.3, -0.25) is 4.79 Å². The third-order valence-corrected chi connectivity index (χ3v) is 5.33. The Balaban J connectivity index is 1.80. The molecule has 0 atom stereocenters. The molecule has 27 heavy (non-hydrogen) atoms. The Labute approximate surface area is 163 Å². The molecule has 5 nitrogen and oxygen atoms in total. The van der Waals surface area contributed by atoms with E-state index in [4.69, 9.17) is 16.3 Å². The van der Waals surface area contributed by atoms with Crippen LogP contribution in [0.4, 0.5) is 0 Å². The Kier molecular flexibility index (Phi) is 5.82. The molecule has 0 aliphatic carbocycles. The minimum absolute atomic E-state index is 0.110. The lowest BCUT2D eigenvalue weighted by atomic mass is 9.74. The largest absolute Gasteiger partial charge is 0.478 e. The molecule has 0 spiro atoms. The first-order valence-corrected chi connectivity index (χ1v) is 9.24. The molecule has 1 aliphatic heterocycles. The van der Waals surface area contributed by atoms with Gasteiger partial charge in [0, 0.05) is 35.8 Å². The number of carboxylic acids is 1. The van der Waals surface area contributed by atoms with Gasteiger partial charge in [-0.25, -0.2) is 4.79 Å². The fourth-order valence-corrected chi connectivity index (χ4v) is 3.65. The molecule has 0 unspecified atom stereocenters. The van der Waals surface area contributed by atoms with Gasteiger partial charge in [0.15, 0.2) is 0 Å². The zero-order chi connectivity index (χ0) is 19.4. The van der Waals surface area contributed by atoms with Crippen LogP contribution in [0.15, 0.2) is 42.5 Å². The molecular formula is C21H22ClNO4. The number of halogens is 1. The molecule has 1 amide bonds. The number of benzene rings is 2. The number of hydrogen-bond acceptors (Lipinski definition) is 3. The van der Waals surface area contributed by atoms with Crippen molar-refractivity contribution in [3.8, 4) is 0 Å². The lowest BCUT2D eigenvalue weighted by Crippen LogP contribution is -2.44. The second-order valence-electron chi connectivity index (χ2n) is 6.98. The Morgan fingerprint density at radius 1 is 1.11 bits per heavy atom. The van der Waals surface area contributed by atoms with Gasteiger partial charge < -0.3 is 15.2 Å². The number of carbonyl (C=O) groups is 2. The summed E-state index contributed by atoms with van der Waals surface area (Å²) in [5.74, 6) is -1.32. The normalized spacial score (nSPS) is 15.9. The van der Waals surface area contributed by atoms with Gasteiger partial charge in [0.25, 0.3) is 5.91 Å². The Morgan fingerprint density at radius 2 is 1.74 bits per heavy atom. The quantitative estimate of drug-likeness (QED) is 0.817. The second kappa shape index (κ2) is 8.11. The van der Waals surface area contributed by atoms with Gasteiger partial charge in [-0.2, -0.15) is 0 Å². The highest BCUT2D eigenvalue weighted by Crippen LogP contribution is 2.35. The zero-order valence-electron chi connectivity index (χ0n) is 15.1. The predicted octanol–water partition coefficient (Wildman–Crippen LogP) is 3.82. The van der Waals surface area contributed by atoms with Crippen molar-refractivity contribution in [2.24, 2.45) is 0 Å². The van der Waals surface area contributed by atoms with Crippen molar-refractivity contribution in [3.05, 3.63) is 69.7 Å². The fraction of sp³-hybridized carbons (Fsp3) is 0.333. The number of carboxylic acid groups (broad SMARTS) is 1. The second-order valence-corrected chi connectivity index (χ2v) is 7.41. The fourth-order valence-electron chi connectivity index (χ4n) is 3.52. The van der Waals surface area contributed by atoms with Gasteiger partial charge in [-0.1, -0.05) is 23.7 Å². The van der Waals surface area contributed by atoms with Crippen molar-refractivity contribution in [2.75, 3.05) is 19.8 Å². The summed E-state index contributed by atoms with van der Waals surface area (Å²) in [6.45, 7) is 3.49. The van der Waals surface area contributed by atoms with Gasteiger partial charge in [-0.05, 0) is 61.2 Å². The molecule has 2 aromatic rings. The Bertz CT molecular complexity index is 842. The van der Waals surface area contributed by atoms with Crippen LogP contribution in [-0.4, -0.2) is 36.7 Å². The molecular weight excluding hydrogens is 366 g/mol. The number of ether oxygens (including phenoxy) is 1. The predicted molar refractivity (Wildman–Crippen MR) is 104 cm³/mol. The highest BCUT2D eigenvalue weighted by molar-refractivity contribution is 6.30. The molecule has 0 bridgehead atoms. The lowest BCUT2D eigenvalue weighted by molar-refractivity contribution is 0.0487. The van der Waals surface area contributed by atoms with Crippen LogP contribution in [0.3, 0.4) is 0 Å². The van der Waals surface area contributed by atoms with E-state index in [-0.39, 0.29) is 16.9 Å². The third kappa shape index (κ3) is 4.49. The van der Waals surface area contributed by atoms with Crippen molar-refractivity contribution in [3.63, 3.8) is 0 Å². The first-order valence-electron chi connectivity index (χ1n) is 8.87. The monoisotopic (exact) mass is 387 g/mol. The molecule has 1 fully saturated rings. The van der Waals surface area contributed by atoms with Gasteiger partial charge in [-0.15, -0.1) is 0 Å². The van der Waals surface area contributed by atoms with E-state index in [0.29, 0.717) is 30.3 Å². The van der Waals surface area contributed by atoms with Gasteiger partial charge >= 0.3 is 5.97 Å². The van der Waals surface area contributed by atoms with Gasteiger partial charge in [0.05, 0.1) is 5.56 Å². The van der Waals surface area contributed by atoms with Gasteiger partial charge in [0.2, 0.25) is 0 Å². The number of nitrogens with one attached hydrogen (secondary N) is 1. The van der Waals surface area contributed by atoms with E-state index in [0.717, 1.165) is 24.0 Å². The maximum absolute atomic E-state index is 12.7. The number of amides is 1. The number of carbonyl (C=O) groups excluding carboxylic acids is 1. The summed E-state index contributed by atoms with van der Waals surface area (Å²) >= 11 is 6.02. The van der Waals surface area contributed by atoms with Crippen molar-refractivity contribution >= 4 is 23.5 Å². The van der Waals surface area contributed by atoms with Crippen LogP contribution in [0.5, 0.6) is 0 Å². The summed E-state index contributed by atoms with van der Waals surface area (Å²) in [6, 6.07) is 12.4. The molecule has 0 saturated carbocycles. The summed E-state index contributed by atoms with van der Waals surface area (Å²) in [4.78, 5) is 23.9. The summed E-state index contributed by atoms with van der Waals surface area (Å²) in [5.41, 5.74) is 2.09. The number of hydrogen-bond donors (Lipinski definition) is 2. The van der Waals surface area contributed by atoms with Crippen LogP contribution in [0.25, 0.3) is 0 Å². The van der Waals surface area contributed by atoms with E-state index in [1.165, 1.54) is 6.07 Å². The summed E-state index contributed by atoms with van der Waals surface area (Å²) in [5, 5.41) is 12.9. The van der Waals surface area contributed by atoms with Crippen LogP contribution < -0.4 is 5.32 Å². The van der Waals surface area contributed by atoms with Crippen molar-refractivity contribution in [2.45, 2.75) is 25.2 Å². The topological polar surface area (TPSA) is 75.6 Å². The summed E-state index contributed by atoms with van der Waals surface area (Å²) in [7, 11) is 0. The molecule has 0 aromatic heterocycles. The highest BCUT2D eigenvalue weighted by atomic mass is 35.5. The summed E-state index contributed by atoms with van der Waals surface area (Å²) in [6.07, 6.45) is 1.59. The lowest BCUT2D eigenvalue weighted by Gasteiger charge is -2.38. The van der Waals surface area contributed by atoms with E-state index < -0.39 is 5.97 Å². The van der Waals surface area contributed by atoms with Crippen LogP contribution in [0.2, 0.25) is 5.02 Å². The molecule has 142 valence electrons. The highest BCUT2D eigenvalue weighted by Gasteiger charge is 2.35. The SMILES string of the molecule is Cc1cc(C(=O)O)cc(C(=O)NCC2(c3ccc(Cl)cc3)CCOCC2)c1. The average molecular weight is 388 g/mol. The zero-order valence-corrected chi connectivity index (χ0v) is 15.9. The molecule has 3 rings (SSSR count). The minimum Gasteiger partial charge on any atom is -0.478 e. The molecule has 1 saturated heterocycles. The van der Waals surface area contributed by atoms with E-state index in [2.05, 4.69) is 5.32 Å². The van der Waals surface area contributed by atoms with Gasteiger partial charge in [0.1, 0.15) is 0 Å². The van der Waals surface area contributed by atoms with E-state index in [1.807, 2.05) is 24.3 Å². The molecule has 0 radical (unpaired) electrons. The smallest absolute Gasteiger partial charge is 0.335 e. The van der Waals surface area contributed by atoms with Crippen LogP contribution in [-0.2, 0) is 10.2 Å². The minimum atomic E-state index is -1.05. The van der Waals surface area contributed by atoms with E-state index in [1.54, 1.807) is 19.1 Å². The van der Waals surface area contributed by atoms with Crippen LogP contribution in [0.1, 0.15) is 44.7 Å². The van der Waals surface area contributed by atoms with Crippen LogP contribution >= 0.6 is 11.6 Å². The molecule has 1 aliphatic rings. The van der Waals surface area contributed by atoms with E-state index in [9.17, 15) is 14.7 Å². The number of aryl methyl sites for hydroxylation is 1. The molecule has 6 heteroatoms. The summed E-state index contributed by atoms with van der Waals surface area (Å²) < 4.78 is 5.52. The average Bonchev–Trinajstić information content (AvgIpc) is 2.67. The molecule has 2 N–H and O–H groups in total. The Hall–Kier alpha value is -2.37. The first-order chi connectivity index (χ1) is 12.9. The third-order valence-electron chi connectivity index (χ3n) is 5.08. The standard InChI is InChI=1S/C21H22ClNO4/c1-14-10-15(12-16(11-14)20(25)26)19(24)23-13-21(6-8-27-9-7-21)17-2-4-18(22)5-3-17/h2-5,10-12H,6-9,13H2,1H3,(H,23,24)(H,25,26).